The molecule has 1 aromatic rings. The fourth-order valence-electron chi connectivity index (χ4n) is 2.31. The van der Waals surface area contributed by atoms with Crippen LogP contribution in [0, 0.1) is 0 Å². The lowest BCUT2D eigenvalue weighted by atomic mass is 10.0. The summed E-state index contributed by atoms with van der Waals surface area (Å²) in [7, 11) is 3.37. The van der Waals surface area contributed by atoms with Gasteiger partial charge >= 0.3 is 0 Å². The number of hydrogen-bond acceptors (Lipinski definition) is 4. The van der Waals surface area contributed by atoms with E-state index in [1.54, 1.807) is 14.2 Å². The Labute approximate surface area is 149 Å². The highest BCUT2D eigenvalue weighted by Gasteiger charge is 2.29. The molecule has 7 heteroatoms. The van der Waals surface area contributed by atoms with E-state index in [0.29, 0.717) is 12.4 Å². The predicted octanol–water partition coefficient (Wildman–Crippen LogP) is 1.94. The third kappa shape index (κ3) is 5.60. The number of methoxy groups -OCH3 is 1. The van der Waals surface area contributed by atoms with Crippen molar-refractivity contribution < 1.29 is 9.47 Å². The first-order valence-corrected chi connectivity index (χ1v) is 7.23. The highest BCUT2D eigenvalue weighted by atomic mass is 127. The lowest BCUT2D eigenvalue weighted by Gasteiger charge is -2.24. The molecule has 1 unspecified atom stereocenters. The van der Waals surface area contributed by atoms with E-state index in [2.05, 4.69) is 27.5 Å². The summed E-state index contributed by atoms with van der Waals surface area (Å²) < 4.78 is 10.9. The largest absolute Gasteiger partial charge is 0.481 e. The molecule has 1 atom stereocenters. The van der Waals surface area contributed by atoms with Crippen LogP contribution in [0.5, 0.6) is 5.88 Å². The van der Waals surface area contributed by atoms with Gasteiger partial charge in [-0.15, -0.1) is 24.0 Å². The van der Waals surface area contributed by atoms with Crippen molar-refractivity contribution >= 4 is 29.9 Å². The van der Waals surface area contributed by atoms with E-state index in [1.165, 1.54) is 0 Å². The topological polar surface area (TPSA) is 67.8 Å². The van der Waals surface area contributed by atoms with Crippen molar-refractivity contribution in [3.05, 3.63) is 23.9 Å². The van der Waals surface area contributed by atoms with Gasteiger partial charge in [0.25, 0.3) is 0 Å². The molecule has 2 N–H and O–H groups in total. The van der Waals surface area contributed by atoms with E-state index >= 15 is 0 Å². The van der Waals surface area contributed by atoms with Gasteiger partial charge in [-0.2, -0.15) is 0 Å². The third-order valence-electron chi connectivity index (χ3n) is 3.58. The summed E-state index contributed by atoms with van der Waals surface area (Å²) in [5, 5.41) is 6.55. The molecule has 0 spiro atoms. The van der Waals surface area contributed by atoms with Crippen molar-refractivity contribution in [2.45, 2.75) is 31.9 Å². The van der Waals surface area contributed by atoms with E-state index in [0.717, 1.165) is 37.6 Å². The fraction of sp³-hybridized carbons (Fsp3) is 0.600. The van der Waals surface area contributed by atoms with Crippen LogP contribution < -0.4 is 15.4 Å². The number of pyridine rings is 1. The Bertz CT molecular complexity index is 490. The van der Waals surface area contributed by atoms with Gasteiger partial charge in [0.1, 0.15) is 0 Å². The van der Waals surface area contributed by atoms with Crippen LogP contribution in [0.3, 0.4) is 0 Å². The molecule has 1 aromatic heterocycles. The lowest BCUT2D eigenvalue weighted by molar-refractivity contribution is 0.0243. The summed E-state index contributed by atoms with van der Waals surface area (Å²) >= 11 is 0. The summed E-state index contributed by atoms with van der Waals surface area (Å²) in [6.07, 6.45) is 2.20. The Hall–Kier alpha value is -1.09. The second-order valence-corrected chi connectivity index (χ2v) is 5.35. The molecule has 1 fully saturated rings. The van der Waals surface area contributed by atoms with Crippen molar-refractivity contribution in [1.29, 1.82) is 0 Å². The predicted molar refractivity (Wildman–Crippen MR) is 98.0 cm³/mol. The zero-order valence-electron chi connectivity index (χ0n) is 13.4. The minimum Gasteiger partial charge on any atom is -0.481 e. The average molecular weight is 420 g/mol. The Morgan fingerprint density at radius 3 is 2.91 bits per heavy atom. The number of ether oxygens (including phenoxy) is 2. The van der Waals surface area contributed by atoms with Crippen LogP contribution in [0.25, 0.3) is 0 Å². The standard InChI is InChI=1S/C15H24N4O2.HI/c1-15(8-5-9-21-15)11-18-14(16-2)17-10-12-6-4-7-13(19-12)20-3;/h4,6-7H,5,8-11H2,1-3H3,(H2,16,17,18);1H. The van der Waals surface area contributed by atoms with Gasteiger partial charge in [-0.3, -0.25) is 4.99 Å². The Morgan fingerprint density at radius 2 is 2.27 bits per heavy atom. The number of aromatic nitrogens is 1. The van der Waals surface area contributed by atoms with Crippen LogP contribution in [0.15, 0.2) is 23.2 Å². The van der Waals surface area contributed by atoms with Gasteiger partial charge in [-0.25, -0.2) is 4.98 Å². The average Bonchev–Trinajstić information content (AvgIpc) is 2.95. The SMILES string of the molecule is CN=C(NCc1cccc(OC)n1)NCC1(C)CCCO1.I. The molecule has 0 aromatic carbocycles. The highest BCUT2D eigenvalue weighted by Crippen LogP contribution is 2.23. The number of aliphatic imine (C=N–C) groups is 1. The molecule has 1 saturated heterocycles. The number of nitrogens with one attached hydrogen (secondary N) is 2. The third-order valence-corrected chi connectivity index (χ3v) is 3.58. The Morgan fingerprint density at radius 1 is 1.45 bits per heavy atom. The monoisotopic (exact) mass is 420 g/mol. The lowest BCUT2D eigenvalue weighted by Crippen LogP contribution is -2.45. The molecule has 0 radical (unpaired) electrons. The van der Waals surface area contributed by atoms with Gasteiger partial charge in [0.2, 0.25) is 5.88 Å². The second kappa shape index (κ2) is 9.14. The van der Waals surface area contributed by atoms with E-state index in [4.69, 9.17) is 9.47 Å². The summed E-state index contributed by atoms with van der Waals surface area (Å²) in [5.41, 5.74) is 0.812. The molecular weight excluding hydrogens is 395 g/mol. The van der Waals surface area contributed by atoms with Crippen LogP contribution in [-0.4, -0.2) is 43.9 Å². The molecule has 0 aliphatic carbocycles. The Balaban J connectivity index is 0.00000242. The first-order chi connectivity index (χ1) is 10.1. The first kappa shape index (κ1) is 19.0. The molecule has 1 aliphatic rings. The van der Waals surface area contributed by atoms with E-state index in [-0.39, 0.29) is 29.6 Å². The summed E-state index contributed by atoms with van der Waals surface area (Å²) in [6.45, 7) is 4.31. The zero-order valence-corrected chi connectivity index (χ0v) is 15.7. The van der Waals surface area contributed by atoms with Gasteiger partial charge in [-0.1, -0.05) is 6.07 Å². The van der Waals surface area contributed by atoms with Crippen molar-refractivity contribution in [1.82, 2.24) is 15.6 Å². The van der Waals surface area contributed by atoms with Crippen LogP contribution in [0.1, 0.15) is 25.5 Å². The van der Waals surface area contributed by atoms with Gasteiger partial charge < -0.3 is 20.1 Å². The number of rotatable bonds is 5. The highest BCUT2D eigenvalue weighted by molar-refractivity contribution is 14.0. The normalized spacial score (nSPS) is 21.1. The fourth-order valence-corrected chi connectivity index (χ4v) is 2.31. The molecule has 22 heavy (non-hydrogen) atoms. The molecule has 0 amide bonds. The maximum absolute atomic E-state index is 5.75. The molecule has 1 aliphatic heterocycles. The minimum atomic E-state index is -0.0914. The van der Waals surface area contributed by atoms with Crippen LogP contribution in [0.4, 0.5) is 0 Å². The molecule has 2 heterocycles. The van der Waals surface area contributed by atoms with E-state index in [1.807, 2.05) is 18.2 Å². The maximum Gasteiger partial charge on any atom is 0.213 e. The van der Waals surface area contributed by atoms with Gasteiger partial charge in [0.15, 0.2) is 5.96 Å². The zero-order chi connectivity index (χ0) is 15.1. The van der Waals surface area contributed by atoms with Crippen LogP contribution >= 0.6 is 24.0 Å². The van der Waals surface area contributed by atoms with Crippen molar-refractivity contribution in [2.75, 3.05) is 27.3 Å². The molecule has 6 nitrogen and oxygen atoms in total. The second-order valence-electron chi connectivity index (χ2n) is 5.35. The summed E-state index contributed by atoms with van der Waals surface area (Å²) in [5.74, 6) is 1.36. The minimum absolute atomic E-state index is 0. The quantitative estimate of drug-likeness (QED) is 0.433. The number of hydrogen-bond donors (Lipinski definition) is 2. The van der Waals surface area contributed by atoms with Crippen LogP contribution in [0.2, 0.25) is 0 Å². The first-order valence-electron chi connectivity index (χ1n) is 7.23. The summed E-state index contributed by atoms with van der Waals surface area (Å²) in [6, 6.07) is 5.70. The van der Waals surface area contributed by atoms with Crippen molar-refractivity contribution in [3.8, 4) is 5.88 Å². The maximum atomic E-state index is 5.75. The summed E-state index contributed by atoms with van der Waals surface area (Å²) in [4.78, 5) is 8.57. The van der Waals surface area contributed by atoms with Crippen molar-refractivity contribution in [3.63, 3.8) is 0 Å². The van der Waals surface area contributed by atoms with Gasteiger partial charge in [-0.05, 0) is 25.8 Å². The molecule has 0 bridgehead atoms. The molecule has 2 rings (SSSR count). The molecular formula is C15H25IN4O2. The van der Waals surface area contributed by atoms with Gasteiger partial charge in [0, 0.05) is 26.3 Å². The number of halogens is 1. The number of guanidine groups is 1. The van der Waals surface area contributed by atoms with Crippen LogP contribution in [-0.2, 0) is 11.3 Å². The Kier molecular flexibility index (Phi) is 7.88. The van der Waals surface area contributed by atoms with E-state index in [9.17, 15) is 0 Å². The molecule has 0 saturated carbocycles. The smallest absolute Gasteiger partial charge is 0.213 e. The van der Waals surface area contributed by atoms with Gasteiger partial charge in [0.05, 0.1) is 24.9 Å². The van der Waals surface area contributed by atoms with E-state index < -0.39 is 0 Å². The molecule has 124 valence electrons. The number of nitrogens with zero attached hydrogens (tertiary/aromatic N) is 2. The van der Waals surface area contributed by atoms with Crippen molar-refractivity contribution in [2.24, 2.45) is 4.99 Å².